The van der Waals surface area contributed by atoms with Crippen LogP contribution in [0.15, 0.2) is 42.5 Å². The molecule has 0 bridgehead atoms. The number of benzene rings is 2. The molecule has 0 fully saturated rings. The third kappa shape index (κ3) is 7.12. The fourth-order valence-electron chi connectivity index (χ4n) is 2.42. The first-order valence-electron chi connectivity index (χ1n) is 9.37. The van der Waals surface area contributed by atoms with E-state index in [2.05, 4.69) is 16.0 Å². The van der Waals surface area contributed by atoms with Gasteiger partial charge in [0.1, 0.15) is 5.75 Å². The normalized spacial score (nSPS) is 10.2. The molecule has 3 N–H and O–H groups in total. The van der Waals surface area contributed by atoms with Gasteiger partial charge >= 0.3 is 0 Å². The van der Waals surface area contributed by atoms with Gasteiger partial charge in [-0.1, -0.05) is 25.4 Å². The zero-order chi connectivity index (χ0) is 20.4. The summed E-state index contributed by atoms with van der Waals surface area (Å²) in [6.45, 7) is 4.69. The molecule has 0 unspecified atom stereocenters. The van der Waals surface area contributed by atoms with E-state index in [4.69, 9.17) is 16.3 Å². The fourth-order valence-corrected chi connectivity index (χ4v) is 2.61. The summed E-state index contributed by atoms with van der Waals surface area (Å²) in [6, 6.07) is 12.3. The van der Waals surface area contributed by atoms with E-state index in [1.54, 1.807) is 30.3 Å². The SMILES string of the molecule is CCCOc1ccc(NC(=O)CNc2cc(NC(=O)CCC)ccc2Cl)cc1. The molecule has 0 heterocycles. The lowest BCUT2D eigenvalue weighted by Gasteiger charge is -2.12. The molecule has 2 aromatic carbocycles. The molecule has 2 aromatic rings. The van der Waals surface area contributed by atoms with Gasteiger partial charge in [-0.05, 0) is 55.3 Å². The molecule has 0 saturated carbocycles. The summed E-state index contributed by atoms with van der Waals surface area (Å²) < 4.78 is 5.52. The van der Waals surface area contributed by atoms with Gasteiger partial charge in [-0.25, -0.2) is 0 Å². The first-order chi connectivity index (χ1) is 13.5. The second-order valence-electron chi connectivity index (χ2n) is 6.27. The molecule has 2 amide bonds. The molecular weight excluding hydrogens is 378 g/mol. The zero-order valence-corrected chi connectivity index (χ0v) is 16.9. The maximum atomic E-state index is 12.2. The average molecular weight is 404 g/mol. The smallest absolute Gasteiger partial charge is 0.243 e. The van der Waals surface area contributed by atoms with E-state index in [1.807, 2.05) is 26.0 Å². The predicted molar refractivity (Wildman–Crippen MR) is 114 cm³/mol. The Balaban J connectivity index is 1.88. The number of halogens is 1. The Bertz CT molecular complexity index is 794. The summed E-state index contributed by atoms with van der Waals surface area (Å²) in [6.07, 6.45) is 2.17. The molecule has 150 valence electrons. The summed E-state index contributed by atoms with van der Waals surface area (Å²) >= 11 is 6.18. The maximum absolute atomic E-state index is 12.2. The van der Waals surface area contributed by atoms with Crippen LogP contribution < -0.4 is 20.7 Å². The topological polar surface area (TPSA) is 79.5 Å². The predicted octanol–water partition coefficient (Wildman–Crippen LogP) is 4.92. The lowest BCUT2D eigenvalue weighted by Crippen LogP contribution is -2.22. The second kappa shape index (κ2) is 11.2. The number of anilines is 3. The standard InChI is InChI=1S/C21H26ClN3O3/c1-3-5-20(26)25-16-8-11-18(22)19(13-16)23-14-21(27)24-15-6-9-17(10-7-15)28-12-4-2/h6-11,13,23H,3-5,12,14H2,1-2H3,(H,24,27)(H,25,26). The van der Waals surface area contributed by atoms with Crippen LogP contribution in [0.2, 0.25) is 5.02 Å². The van der Waals surface area contributed by atoms with Crippen molar-refractivity contribution in [2.75, 3.05) is 29.1 Å². The third-order valence-corrected chi connectivity index (χ3v) is 4.11. The number of carbonyl (C=O) groups excluding carboxylic acids is 2. The van der Waals surface area contributed by atoms with Crippen LogP contribution in [0.4, 0.5) is 17.1 Å². The van der Waals surface area contributed by atoms with Gasteiger partial charge in [-0.15, -0.1) is 0 Å². The highest BCUT2D eigenvalue weighted by Crippen LogP contribution is 2.25. The Morgan fingerprint density at radius 1 is 0.929 bits per heavy atom. The van der Waals surface area contributed by atoms with Crippen molar-refractivity contribution in [3.05, 3.63) is 47.5 Å². The number of nitrogens with one attached hydrogen (secondary N) is 3. The fraction of sp³-hybridized carbons (Fsp3) is 0.333. The zero-order valence-electron chi connectivity index (χ0n) is 16.2. The van der Waals surface area contributed by atoms with E-state index >= 15 is 0 Å². The van der Waals surface area contributed by atoms with Crippen LogP contribution in [-0.4, -0.2) is 25.0 Å². The number of amides is 2. The van der Waals surface area contributed by atoms with Crippen molar-refractivity contribution < 1.29 is 14.3 Å². The number of rotatable bonds is 10. The summed E-state index contributed by atoms with van der Waals surface area (Å²) in [5.74, 6) is 0.505. The monoisotopic (exact) mass is 403 g/mol. The van der Waals surface area contributed by atoms with E-state index in [1.165, 1.54) is 0 Å². The Labute approximate surface area is 170 Å². The van der Waals surface area contributed by atoms with Gasteiger partial charge in [-0.3, -0.25) is 9.59 Å². The maximum Gasteiger partial charge on any atom is 0.243 e. The summed E-state index contributed by atoms with van der Waals surface area (Å²) in [4.78, 5) is 23.9. The molecule has 0 aliphatic heterocycles. The minimum atomic E-state index is -0.210. The Morgan fingerprint density at radius 3 is 2.29 bits per heavy atom. The number of carbonyl (C=O) groups is 2. The molecule has 6 nitrogen and oxygen atoms in total. The van der Waals surface area contributed by atoms with Crippen LogP contribution in [0.5, 0.6) is 5.75 Å². The number of hydrogen-bond acceptors (Lipinski definition) is 4. The highest BCUT2D eigenvalue weighted by molar-refractivity contribution is 6.33. The van der Waals surface area contributed by atoms with Crippen molar-refractivity contribution in [3.63, 3.8) is 0 Å². The van der Waals surface area contributed by atoms with E-state index in [9.17, 15) is 9.59 Å². The van der Waals surface area contributed by atoms with E-state index in [-0.39, 0.29) is 18.4 Å². The van der Waals surface area contributed by atoms with Gasteiger partial charge in [0.15, 0.2) is 0 Å². The van der Waals surface area contributed by atoms with E-state index < -0.39 is 0 Å². The van der Waals surface area contributed by atoms with Crippen LogP contribution in [0.1, 0.15) is 33.1 Å². The van der Waals surface area contributed by atoms with Gasteiger partial charge in [-0.2, -0.15) is 0 Å². The Hall–Kier alpha value is -2.73. The molecule has 7 heteroatoms. The first kappa shape index (κ1) is 21.6. The first-order valence-corrected chi connectivity index (χ1v) is 9.75. The van der Waals surface area contributed by atoms with Crippen molar-refractivity contribution >= 4 is 40.5 Å². The van der Waals surface area contributed by atoms with Gasteiger partial charge in [0.05, 0.1) is 23.9 Å². The average Bonchev–Trinajstić information content (AvgIpc) is 2.68. The molecule has 0 spiro atoms. The Morgan fingerprint density at radius 2 is 1.61 bits per heavy atom. The highest BCUT2D eigenvalue weighted by atomic mass is 35.5. The van der Waals surface area contributed by atoms with Crippen molar-refractivity contribution in [3.8, 4) is 5.75 Å². The van der Waals surface area contributed by atoms with Gasteiger partial charge in [0.2, 0.25) is 11.8 Å². The highest BCUT2D eigenvalue weighted by Gasteiger charge is 2.08. The lowest BCUT2D eigenvalue weighted by atomic mass is 10.2. The molecule has 28 heavy (non-hydrogen) atoms. The summed E-state index contributed by atoms with van der Waals surface area (Å²) in [5.41, 5.74) is 1.89. The molecule has 0 atom stereocenters. The number of ether oxygens (including phenoxy) is 1. The molecule has 2 rings (SSSR count). The van der Waals surface area contributed by atoms with Crippen molar-refractivity contribution in [1.29, 1.82) is 0 Å². The van der Waals surface area contributed by atoms with Crippen LogP contribution in [0.25, 0.3) is 0 Å². The molecule has 0 aliphatic carbocycles. The molecular formula is C21H26ClN3O3. The van der Waals surface area contributed by atoms with E-state index in [0.717, 1.165) is 18.6 Å². The second-order valence-corrected chi connectivity index (χ2v) is 6.67. The minimum Gasteiger partial charge on any atom is -0.494 e. The Kier molecular flexibility index (Phi) is 8.62. The third-order valence-electron chi connectivity index (χ3n) is 3.78. The van der Waals surface area contributed by atoms with Crippen LogP contribution in [-0.2, 0) is 9.59 Å². The molecule has 0 aromatic heterocycles. The van der Waals surface area contributed by atoms with Crippen LogP contribution in [0.3, 0.4) is 0 Å². The van der Waals surface area contributed by atoms with Gasteiger partial charge < -0.3 is 20.7 Å². The number of hydrogen-bond donors (Lipinski definition) is 3. The summed E-state index contributed by atoms with van der Waals surface area (Å²) in [7, 11) is 0. The van der Waals surface area contributed by atoms with E-state index in [0.29, 0.717) is 35.1 Å². The minimum absolute atomic E-state index is 0.0418. The van der Waals surface area contributed by atoms with Crippen LogP contribution >= 0.6 is 11.6 Å². The van der Waals surface area contributed by atoms with Crippen molar-refractivity contribution in [2.45, 2.75) is 33.1 Å². The van der Waals surface area contributed by atoms with Crippen molar-refractivity contribution in [2.24, 2.45) is 0 Å². The quantitative estimate of drug-likeness (QED) is 0.526. The molecule has 0 saturated heterocycles. The van der Waals surface area contributed by atoms with Gasteiger partial charge in [0, 0.05) is 17.8 Å². The molecule has 0 radical (unpaired) electrons. The molecule has 0 aliphatic rings. The van der Waals surface area contributed by atoms with Crippen molar-refractivity contribution in [1.82, 2.24) is 0 Å². The van der Waals surface area contributed by atoms with Gasteiger partial charge in [0.25, 0.3) is 0 Å². The lowest BCUT2D eigenvalue weighted by molar-refractivity contribution is -0.116. The summed E-state index contributed by atoms with van der Waals surface area (Å²) in [5, 5.41) is 9.09. The largest absolute Gasteiger partial charge is 0.494 e. The van der Waals surface area contributed by atoms with Crippen LogP contribution in [0, 0.1) is 0 Å².